The summed E-state index contributed by atoms with van der Waals surface area (Å²) in [5.74, 6) is 0.484. The van der Waals surface area contributed by atoms with Crippen molar-refractivity contribution in [1.29, 1.82) is 0 Å². The SMILES string of the molecule is CCOc1cc2c(cc1/C=C/C(=O)O[C@H](C)C(=O)Nc1ccc(C)cc1C)O[C@@H](C)C2. The Kier molecular flexibility index (Phi) is 7.00. The molecule has 0 saturated heterocycles. The topological polar surface area (TPSA) is 73.9 Å². The summed E-state index contributed by atoms with van der Waals surface area (Å²) in [6.07, 6.45) is 2.92. The number of nitrogens with one attached hydrogen (secondary N) is 1. The largest absolute Gasteiger partial charge is 0.493 e. The van der Waals surface area contributed by atoms with E-state index in [1.165, 1.54) is 6.08 Å². The Morgan fingerprint density at radius 1 is 1.26 bits per heavy atom. The molecule has 2 aromatic carbocycles. The summed E-state index contributed by atoms with van der Waals surface area (Å²) in [4.78, 5) is 24.7. The monoisotopic (exact) mass is 423 g/mol. The lowest BCUT2D eigenvalue weighted by Crippen LogP contribution is -2.29. The maximum absolute atomic E-state index is 12.4. The Labute approximate surface area is 183 Å². The summed E-state index contributed by atoms with van der Waals surface area (Å²) in [5.41, 5.74) is 4.57. The number of ether oxygens (including phenoxy) is 3. The van der Waals surface area contributed by atoms with Crippen LogP contribution in [0.5, 0.6) is 11.5 Å². The van der Waals surface area contributed by atoms with Crippen LogP contribution in [0.4, 0.5) is 5.69 Å². The molecule has 0 radical (unpaired) electrons. The highest BCUT2D eigenvalue weighted by atomic mass is 16.5. The van der Waals surface area contributed by atoms with Crippen LogP contribution >= 0.6 is 0 Å². The number of aryl methyl sites for hydroxylation is 2. The van der Waals surface area contributed by atoms with Gasteiger partial charge in [0.05, 0.1) is 6.61 Å². The number of fused-ring (bicyclic) bond motifs is 1. The van der Waals surface area contributed by atoms with E-state index in [4.69, 9.17) is 14.2 Å². The molecule has 2 atom stereocenters. The van der Waals surface area contributed by atoms with E-state index >= 15 is 0 Å². The van der Waals surface area contributed by atoms with Gasteiger partial charge in [-0.2, -0.15) is 0 Å². The number of hydrogen-bond donors (Lipinski definition) is 1. The second-order valence-electron chi connectivity index (χ2n) is 7.78. The minimum Gasteiger partial charge on any atom is -0.493 e. The number of carbonyl (C=O) groups excluding carboxylic acids is 2. The van der Waals surface area contributed by atoms with Gasteiger partial charge in [-0.05, 0) is 64.5 Å². The van der Waals surface area contributed by atoms with E-state index in [1.54, 1.807) is 13.0 Å². The van der Waals surface area contributed by atoms with Crippen LogP contribution in [0.25, 0.3) is 6.08 Å². The average Bonchev–Trinajstić information content (AvgIpc) is 3.07. The highest BCUT2D eigenvalue weighted by Crippen LogP contribution is 2.35. The first-order valence-electron chi connectivity index (χ1n) is 10.5. The maximum atomic E-state index is 12.4. The number of carbonyl (C=O) groups is 2. The quantitative estimate of drug-likeness (QED) is 0.520. The van der Waals surface area contributed by atoms with Crippen molar-refractivity contribution in [3.05, 3.63) is 58.7 Å². The normalized spacial score (nSPS) is 15.8. The van der Waals surface area contributed by atoms with E-state index in [9.17, 15) is 9.59 Å². The Morgan fingerprint density at radius 3 is 2.74 bits per heavy atom. The maximum Gasteiger partial charge on any atom is 0.331 e. The molecule has 2 aromatic rings. The minimum absolute atomic E-state index is 0.116. The molecule has 31 heavy (non-hydrogen) atoms. The van der Waals surface area contributed by atoms with Gasteiger partial charge in [0, 0.05) is 29.3 Å². The van der Waals surface area contributed by atoms with Gasteiger partial charge in [-0.3, -0.25) is 4.79 Å². The molecule has 0 saturated carbocycles. The molecule has 1 amide bonds. The number of rotatable bonds is 7. The number of hydrogen-bond acceptors (Lipinski definition) is 5. The van der Waals surface area contributed by atoms with E-state index in [2.05, 4.69) is 5.32 Å². The minimum atomic E-state index is -0.937. The van der Waals surface area contributed by atoms with Crippen molar-refractivity contribution in [2.75, 3.05) is 11.9 Å². The summed E-state index contributed by atoms with van der Waals surface area (Å²) in [6.45, 7) is 9.87. The summed E-state index contributed by atoms with van der Waals surface area (Å²) in [7, 11) is 0. The molecular weight excluding hydrogens is 394 g/mol. The molecule has 6 nitrogen and oxygen atoms in total. The van der Waals surface area contributed by atoms with Crippen LogP contribution in [0.1, 0.15) is 43.0 Å². The van der Waals surface area contributed by atoms with E-state index < -0.39 is 12.1 Å². The van der Waals surface area contributed by atoms with Gasteiger partial charge in [-0.1, -0.05) is 17.7 Å². The van der Waals surface area contributed by atoms with Crippen molar-refractivity contribution < 1.29 is 23.8 Å². The second kappa shape index (κ2) is 9.69. The Balaban J connectivity index is 1.64. The predicted octanol–water partition coefficient (Wildman–Crippen LogP) is 4.61. The smallest absolute Gasteiger partial charge is 0.331 e. The van der Waals surface area contributed by atoms with E-state index in [1.807, 2.05) is 58.0 Å². The Hall–Kier alpha value is -3.28. The van der Waals surface area contributed by atoms with Crippen LogP contribution in [0, 0.1) is 13.8 Å². The molecule has 0 aliphatic carbocycles. The first-order valence-corrected chi connectivity index (χ1v) is 10.5. The fourth-order valence-electron chi connectivity index (χ4n) is 3.48. The van der Waals surface area contributed by atoms with Crippen LogP contribution in [0.15, 0.2) is 36.4 Å². The number of esters is 1. The molecule has 1 N–H and O–H groups in total. The van der Waals surface area contributed by atoms with Gasteiger partial charge in [0.25, 0.3) is 5.91 Å². The van der Waals surface area contributed by atoms with Crippen molar-refractivity contribution in [1.82, 2.24) is 0 Å². The zero-order chi connectivity index (χ0) is 22.5. The molecule has 0 bridgehead atoms. The summed E-state index contributed by atoms with van der Waals surface area (Å²) in [6, 6.07) is 9.55. The Morgan fingerprint density at radius 2 is 2.03 bits per heavy atom. The molecule has 0 unspecified atom stereocenters. The first-order chi connectivity index (χ1) is 14.8. The third-order valence-corrected chi connectivity index (χ3v) is 5.03. The molecule has 6 heteroatoms. The molecule has 0 fully saturated rings. The molecule has 164 valence electrons. The van der Waals surface area contributed by atoms with Crippen LogP contribution in [0.3, 0.4) is 0 Å². The lowest BCUT2D eigenvalue weighted by atomic mass is 10.1. The van der Waals surface area contributed by atoms with Gasteiger partial charge >= 0.3 is 5.97 Å². The molecule has 1 heterocycles. The Bertz CT molecular complexity index is 1010. The third kappa shape index (κ3) is 5.66. The van der Waals surface area contributed by atoms with Crippen molar-refractivity contribution in [2.24, 2.45) is 0 Å². The number of amides is 1. The number of anilines is 1. The summed E-state index contributed by atoms with van der Waals surface area (Å²) < 4.78 is 16.8. The van der Waals surface area contributed by atoms with Crippen LogP contribution in [-0.4, -0.2) is 30.7 Å². The van der Waals surface area contributed by atoms with Crippen molar-refractivity contribution >= 4 is 23.6 Å². The summed E-state index contributed by atoms with van der Waals surface area (Å²) >= 11 is 0. The van der Waals surface area contributed by atoms with Gasteiger partial charge in [0.1, 0.15) is 17.6 Å². The first kappa shape index (κ1) is 22.4. The van der Waals surface area contributed by atoms with Crippen molar-refractivity contribution in [3.8, 4) is 11.5 Å². The molecule has 1 aliphatic heterocycles. The van der Waals surface area contributed by atoms with Crippen LogP contribution in [0.2, 0.25) is 0 Å². The highest BCUT2D eigenvalue weighted by Gasteiger charge is 2.22. The second-order valence-corrected chi connectivity index (χ2v) is 7.78. The van der Waals surface area contributed by atoms with E-state index in [-0.39, 0.29) is 12.0 Å². The van der Waals surface area contributed by atoms with Crippen LogP contribution < -0.4 is 14.8 Å². The van der Waals surface area contributed by atoms with Crippen LogP contribution in [-0.2, 0) is 20.7 Å². The lowest BCUT2D eigenvalue weighted by molar-refractivity contribution is -0.148. The molecular formula is C25H29NO5. The standard InChI is InChI=1S/C25H29NO5/c1-6-29-22-14-20-12-17(4)30-23(20)13-19(22)8-10-24(27)31-18(5)25(28)26-21-9-7-15(2)11-16(21)3/h7-11,13-14,17-18H,6,12H2,1-5H3,(H,26,28)/b10-8+/t17-,18+/m0/s1. The average molecular weight is 424 g/mol. The fourth-order valence-corrected chi connectivity index (χ4v) is 3.48. The highest BCUT2D eigenvalue weighted by molar-refractivity contribution is 5.97. The molecule has 0 aromatic heterocycles. The molecule has 0 spiro atoms. The van der Waals surface area contributed by atoms with Gasteiger partial charge in [-0.15, -0.1) is 0 Å². The van der Waals surface area contributed by atoms with E-state index in [0.717, 1.165) is 34.4 Å². The fraction of sp³-hybridized carbons (Fsp3) is 0.360. The summed E-state index contributed by atoms with van der Waals surface area (Å²) in [5, 5.41) is 2.80. The zero-order valence-electron chi connectivity index (χ0n) is 18.7. The van der Waals surface area contributed by atoms with E-state index in [0.29, 0.717) is 18.0 Å². The van der Waals surface area contributed by atoms with Crippen molar-refractivity contribution in [2.45, 2.75) is 53.2 Å². The molecule has 3 rings (SSSR count). The van der Waals surface area contributed by atoms with Gasteiger partial charge < -0.3 is 19.5 Å². The van der Waals surface area contributed by atoms with Gasteiger partial charge in [0.2, 0.25) is 0 Å². The third-order valence-electron chi connectivity index (χ3n) is 5.03. The van der Waals surface area contributed by atoms with Gasteiger partial charge in [-0.25, -0.2) is 4.79 Å². The van der Waals surface area contributed by atoms with Gasteiger partial charge in [0.15, 0.2) is 6.10 Å². The van der Waals surface area contributed by atoms with Crippen molar-refractivity contribution in [3.63, 3.8) is 0 Å². The molecule has 1 aliphatic rings. The predicted molar refractivity (Wildman–Crippen MR) is 121 cm³/mol. The lowest BCUT2D eigenvalue weighted by Gasteiger charge is -2.14. The zero-order valence-corrected chi connectivity index (χ0v) is 18.7. The number of benzene rings is 2.